The highest BCUT2D eigenvalue weighted by Crippen LogP contribution is 2.12. The summed E-state index contributed by atoms with van der Waals surface area (Å²) in [6.07, 6.45) is 1.66. The van der Waals surface area contributed by atoms with E-state index in [0.29, 0.717) is 24.5 Å². The van der Waals surface area contributed by atoms with Crippen molar-refractivity contribution >= 4 is 5.91 Å². The molecule has 1 aromatic heterocycles. The summed E-state index contributed by atoms with van der Waals surface area (Å²) in [5.74, 6) is 1.16. The molecule has 0 aliphatic carbocycles. The largest absolute Gasteiger partial charge is 0.479 e. The summed E-state index contributed by atoms with van der Waals surface area (Å²) in [5, 5.41) is 15.7. The summed E-state index contributed by atoms with van der Waals surface area (Å²) in [4.78, 5) is 11.8. The molecule has 0 bridgehead atoms. The van der Waals surface area contributed by atoms with E-state index in [1.807, 2.05) is 13.8 Å². The Morgan fingerprint density at radius 2 is 2.37 bits per heavy atom. The van der Waals surface area contributed by atoms with Crippen LogP contribution in [0.15, 0.2) is 10.6 Å². The van der Waals surface area contributed by atoms with Crippen molar-refractivity contribution in [1.82, 2.24) is 10.5 Å². The maximum Gasteiger partial charge on any atom is 0.254 e. The van der Waals surface area contributed by atoms with Gasteiger partial charge in [0.15, 0.2) is 0 Å². The third-order valence-electron chi connectivity index (χ3n) is 3.22. The minimum Gasteiger partial charge on any atom is -0.479 e. The molecule has 108 valence electrons. The Morgan fingerprint density at radius 3 is 2.89 bits per heavy atom. The van der Waals surface area contributed by atoms with Gasteiger partial charge < -0.3 is 19.7 Å². The Morgan fingerprint density at radius 1 is 1.63 bits per heavy atom. The van der Waals surface area contributed by atoms with E-state index in [0.717, 1.165) is 6.42 Å². The summed E-state index contributed by atoms with van der Waals surface area (Å²) in [6, 6.07) is 1.47. The number of hydrogen-bond acceptors (Lipinski definition) is 5. The average molecular weight is 270 g/mol. The first kappa shape index (κ1) is 15.5. The maximum atomic E-state index is 11.8. The lowest BCUT2D eigenvalue weighted by Gasteiger charge is -2.21. The van der Waals surface area contributed by atoms with Gasteiger partial charge in [0.25, 0.3) is 5.88 Å². The van der Waals surface area contributed by atoms with Gasteiger partial charge in [-0.1, -0.05) is 20.3 Å². The van der Waals surface area contributed by atoms with Crippen molar-refractivity contribution in [3.8, 4) is 5.88 Å². The normalized spacial score (nSPS) is 13.9. The van der Waals surface area contributed by atoms with Gasteiger partial charge in [-0.3, -0.25) is 4.79 Å². The lowest BCUT2D eigenvalue weighted by molar-refractivity contribution is -0.122. The van der Waals surface area contributed by atoms with Crippen LogP contribution in [0.25, 0.3) is 0 Å². The van der Waals surface area contributed by atoms with Crippen LogP contribution in [0.2, 0.25) is 0 Å². The zero-order valence-electron chi connectivity index (χ0n) is 11.7. The lowest BCUT2D eigenvalue weighted by Crippen LogP contribution is -2.41. The van der Waals surface area contributed by atoms with Crippen molar-refractivity contribution in [2.75, 3.05) is 13.7 Å². The predicted octanol–water partition coefficient (Wildman–Crippen LogP) is 1.14. The van der Waals surface area contributed by atoms with E-state index in [1.54, 1.807) is 6.07 Å². The fraction of sp³-hybridized carbons (Fsp3) is 0.692. The first-order valence-electron chi connectivity index (χ1n) is 6.50. The Labute approximate surface area is 113 Å². The molecule has 1 heterocycles. The SMILES string of the molecule is CC[C@H](C)[C@@H](CO)NC(=O)CCc1cc(OC)no1. The number of methoxy groups -OCH3 is 1. The molecule has 1 aromatic rings. The molecular weight excluding hydrogens is 248 g/mol. The van der Waals surface area contributed by atoms with Gasteiger partial charge >= 0.3 is 0 Å². The zero-order valence-corrected chi connectivity index (χ0v) is 11.7. The maximum absolute atomic E-state index is 11.8. The van der Waals surface area contributed by atoms with Gasteiger partial charge in [0.1, 0.15) is 5.76 Å². The van der Waals surface area contributed by atoms with Crippen LogP contribution in [-0.2, 0) is 11.2 Å². The average Bonchev–Trinajstić information content (AvgIpc) is 2.89. The molecule has 0 radical (unpaired) electrons. The van der Waals surface area contributed by atoms with Crippen molar-refractivity contribution in [3.63, 3.8) is 0 Å². The number of aliphatic hydroxyl groups excluding tert-OH is 1. The zero-order chi connectivity index (χ0) is 14.3. The number of aromatic nitrogens is 1. The van der Waals surface area contributed by atoms with Gasteiger partial charge in [0.05, 0.1) is 19.8 Å². The molecule has 0 aliphatic rings. The van der Waals surface area contributed by atoms with Gasteiger partial charge in [-0.25, -0.2) is 0 Å². The Hall–Kier alpha value is -1.56. The number of hydrogen-bond donors (Lipinski definition) is 2. The Balaban J connectivity index is 2.38. The second-order valence-electron chi connectivity index (χ2n) is 4.58. The topological polar surface area (TPSA) is 84.6 Å². The first-order valence-corrected chi connectivity index (χ1v) is 6.50. The van der Waals surface area contributed by atoms with E-state index in [1.165, 1.54) is 7.11 Å². The molecule has 1 amide bonds. The minimum absolute atomic E-state index is 0.0448. The van der Waals surface area contributed by atoms with Crippen molar-refractivity contribution in [3.05, 3.63) is 11.8 Å². The number of amides is 1. The van der Waals surface area contributed by atoms with Crippen LogP contribution in [-0.4, -0.2) is 35.9 Å². The summed E-state index contributed by atoms with van der Waals surface area (Å²) in [7, 11) is 1.51. The van der Waals surface area contributed by atoms with Crippen molar-refractivity contribution in [2.45, 2.75) is 39.2 Å². The standard InChI is InChI=1S/C13H22N2O4/c1-4-9(2)11(8-16)14-12(17)6-5-10-7-13(18-3)15-19-10/h7,9,11,16H,4-6,8H2,1-3H3,(H,14,17)/t9-,11+/m0/s1. The number of carbonyl (C=O) groups excluding carboxylic acids is 1. The van der Waals surface area contributed by atoms with Crippen molar-refractivity contribution < 1.29 is 19.2 Å². The molecule has 2 atom stereocenters. The summed E-state index contributed by atoms with van der Waals surface area (Å²) in [6.45, 7) is 3.99. The highest BCUT2D eigenvalue weighted by molar-refractivity contribution is 5.76. The molecule has 0 saturated carbocycles. The molecule has 0 aliphatic heterocycles. The second kappa shape index (κ2) is 7.78. The lowest BCUT2D eigenvalue weighted by atomic mass is 10.00. The molecule has 6 nitrogen and oxygen atoms in total. The van der Waals surface area contributed by atoms with Gasteiger partial charge in [-0.15, -0.1) is 0 Å². The molecule has 0 aromatic carbocycles. The van der Waals surface area contributed by atoms with E-state index in [2.05, 4.69) is 10.5 Å². The van der Waals surface area contributed by atoms with Crippen LogP contribution in [0.5, 0.6) is 5.88 Å². The quantitative estimate of drug-likeness (QED) is 0.740. The number of ether oxygens (including phenoxy) is 1. The molecule has 0 spiro atoms. The van der Waals surface area contributed by atoms with E-state index < -0.39 is 0 Å². The fourth-order valence-electron chi connectivity index (χ4n) is 1.68. The third kappa shape index (κ3) is 4.90. The van der Waals surface area contributed by atoms with Gasteiger partial charge in [-0.2, -0.15) is 0 Å². The number of aliphatic hydroxyl groups is 1. The van der Waals surface area contributed by atoms with Crippen molar-refractivity contribution in [2.24, 2.45) is 5.92 Å². The molecule has 2 N–H and O–H groups in total. The van der Waals surface area contributed by atoms with Crippen LogP contribution >= 0.6 is 0 Å². The van der Waals surface area contributed by atoms with Gasteiger partial charge in [0.2, 0.25) is 5.91 Å². The summed E-state index contributed by atoms with van der Waals surface area (Å²) in [5.41, 5.74) is 0. The van der Waals surface area contributed by atoms with E-state index in [-0.39, 0.29) is 24.5 Å². The van der Waals surface area contributed by atoms with E-state index in [9.17, 15) is 9.90 Å². The first-order chi connectivity index (χ1) is 9.10. The van der Waals surface area contributed by atoms with Crippen LogP contribution in [0.3, 0.4) is 0 Å². The molecule has 0 fully saturated rings. The van der Waals surface area contributed by atoms with E-state index >= 15 is 0 Å². The number of rotatable bonds is 8. The number of nitrogens with zero attached hydrogens (tertiary/aromatic N) is 1. The Kier molecular flexibility index (Phi) is 6.35. The molecule has 0 saturated heterocycles. The number of nitrogens with one attached hydrogen (secondary N) is 1. The molecule has 6 heteroatoms. The monoisotopic (exact) mass is 270 g/mol. The highest BCUT2D eigenvalue weighted by Gasteiger charge is 2.17. The van der Waals surface area contributed by atoms with Crippen LogP contribution in [0.4, 0.5) is 0 Å². The minimum atomic E-state index is -0.193. The fourth-order valence-corrected chi connectivity index (χ4v) is 1.68. The molecule has 1 rings (SSSR count). The molecule has 0 unspecified atom stereocenters. The smallest absolute Gasteiger partial charge is 0.254 e. The number of carbonyl (C=O) groups is 1. The van der Waals surface area contributed by atoms with Gasteiger partial charge in [-0.05, 0) is 11.1 Å². The van der Waals surface area contributed by atoms with Crippen LogP contribution in [0, 0.1) is 5.92 Å². The third-order valence-corrected chi connectivity index (χ3v) is 3.22. The van der Waals surface area contributed by atoms with E-state index in [4.69, 9.17) is 9.26 Å². The number of aryl methyl sites for hydroxylation is 1. The second-order valence-corrected chi connectivity index (χ2v) is 4.58. The summed E-state index contributed by atoms with van der Waals surface area (Å²) >= 11 is 0. The van der Waals surface area contributed by atoms with Crippen molar-refractivity contribution in [1.29, 1.82) is 0 Å². The summed E-state index contributed by atoms with van der Waals surface area (Å²) < 4.78 is 9.89. The van der Waals surface area contributed by atoms with Crippen LogP contribution < -0.4 is 10.1 Å². The van der Waals surface area contributed by atoms with Gasteiger partial charge in [0, 0.05) is 18.9 Å². The Bertz CT molecular complexity index is 392. The molecular formula is C13H22N2O4. The highest BCUT2D eigenvalue weighted by atomic mass is 16.5. The molecule has 19 heavy (non-hydrogen) atoms. The predicted molar refractivity (Wildman–Crippen MR) is 69.8 cm³/mol. The van der Waals surface area contributed by atoms with Crippen LogP contribution in [0.1, 0.15) is 32.4 Å².